The molecule has 35 heavy (non-hydrogen) atoms. The lowest BCUT2D eigenvalue weighted by Crippen LogP contribution is -2.49. The summed E-state index contributed by atoms with van der Waals surface area (Å²) >= 11 is 0. The molecule has 0 amide bonds. The zero-order valence-corrected chi connectivity index (χ0v) is 22.9. The van der Waals surface area contributed by atoms with Gasteiger partial charge in [0.1, 0.15) is 5.75 Å². The molecule has 3 nitrogen and oxygen atoms in total. The summed E-state index contributed by atoms with van der Waals surface area (Å²) < 4.78 is 7.06. The van der Waals surface area contributed by atoms with Gasteiger partial charge >= 0.3 is 5.97 Å². The maximum atomic E-state index is 11.1. The zero-order chi connectivity index (χ0) is 25.0. The monoisotopic (exact) mass is 488 g/mol. The quantitative estimate of drug-likeness (QED) is 0.328. The Labute approximate surface area is 211 Å². The fourth-order valence-electron chi connectivity index (χ4n) is 6.96. The van der Waals surface area contributed by atoms with Crippen molar-refractivity contribution in [3.05, 3.63) is 64.7 Å². The van der Waals surface area contributed by atoms with Crippen LogP contribution in [0.2, 0.25) is 18.1 Å². The smallest absolute Gasteiger partial charge is 0.335 e. The second kappa shape index (κ2) is 8.65. The molecule has 4 heteroatoms. The van der Waals surface area contributed by atoms with Gasteiger partial charge in [-0.15, -0.1) is 0 Å². The Morgan fingerprint density at radius 3 is 1.94 bits per heavy atom. The highest BCUT2D eigenvalue weighted by Crippen LogP contribution is 2.62. The third-order valence-electron chi connectivity index (χ3n) is 9.41. The third-order valence-corrected chi connectivity index (χ3v) is 13.8. The molecular formula is C31H40O3Si. The fraction of sp³-hybridized carbons (Fsp3) is 0.516. The molecular weight excluding hydrogens is 448 g/mol. The first-order valence-electron chi connectivity index (χ1n) is 13.3. The summed E-state index contributed by atoms with van der Waals surface area (Å²) in [4.78, 5) is 11.1. The van der Waals surface area contributed by atoms with Gasteiger partial charge in [0.05, 0.1) is 5.56 Å². The highest BCUT2D eigenvalue weighted by atomic mass is 28.4. The summed E-state index contributed by atoms with van der Waals surface area (Å²) in [6.07, 6.45) is 12.5. The molecule has 0 aromatic heterocycles. The maximum absolute atomic E-state index is 11.1. The van der Waals surface area contributed by atoms with E-state index in [1.54, 1.807) is 12.1 Å². The highest BCUT2D eigenvalue weighted by molar-refractivity contribution is 6.74. The zero-order valence-electron chi connectivity index (χ0n) is 21.9. The maximum Gasteiger partial charge on any atom is 0.335 e. The van der Waals surface area contributed by atoms with Crippen LogP contribution in [0.1, 0.15) is 86.3 Å². The lowest BCUT2D eigenvalue weighted by Gasteiger charge is -2.57. The predicted octanol–water partition coefficient (Wildman–Crippen LogP) is 8.41. The molecule has 0 unspecified atom stereocenters. The number of rotatable bonds is 6. The standard InChI is InChI=1S/C31H40O3Si/c1-30(2,3)35(4,5)34-28-17-22(7-6-21-8-11-26(12-9-21)29(32)33)10-13-27(28)31-18-23-14-24(19-31)16-25(15-23)20-31/h6-13,17,23-25H,14-16,18-20H2,1-5H3,(H,32,33)/b7-6+. The predicted molar refractivity (Wildman–Crippen MR) is 146 cm³/mol. The summed E-state index contributed by atoms with van der Waals surface area (Å²) in [5, 5.41) is 9.29. The molecule has 4 saturated carbocycles. The van der Waals surface area contributed by atoms with Crippen LogP contribution in [0.25, 0.3) is 12.2 Å². The topological polar surface area (TPSA) is 46.5 Å². The summed E-state index contributed by atoms with van der Waals surface area (Å²) in [5.41, 5.74) is 4.19. The molecule has 0 radical (unpaired) electrons. The van der Waals surface area contributed by atoms with Crippen molar-refractivity contribution < 1.29 is 14.3 Å². The second-order valence-electron chi connectivity index (χ2n) is 13.1. The normalized spacial score (nSPS) is 28.0. The number of hydrogen-bond acceptors (Lipinski definition) is 2. The first-order chi connectivity index (χ1) is 16.4. The minimum absolute atomic E-state index is 0.142. The van der Waals surface area contributed by atoms with Crippen LogP contribution in [0.4, 0.5) is 0 Å². The average Bonchev–Trinajstić information content (AvgIpc) is 2.76. The molecule has 2 aromatic carbocycles. The van der Waals surface area contributed by atoms with E-state index < -0.39 is 14.3 Å². The molecule has 4 aliphatic rings. The summed E-state index contributed by atoms with van der Waals surface area (Å²) in [6, 6.07) is 13.9. The van der Waals surface area contributed by atoms with Crippen LogP contribution in [-0.2, 0) is 5.41 Å². The van der Waals surface area contributed by atoms with E-state index in [1.807, 2.05) is 12.1 Å². The SMILES string of the molecule is CC(C)(C)[Si](C)(C)Oc1cc(/C=C/c2ccc(C(=O)O)cc2)ccc1C12CC3CC(CC(C3)C1)C2. The van der Waals surface area contributed by atoms with Gasteiger partial charge in [-0.25, -0.2) is 4.79 Å². The van der Waals surface area contributed by atoms with Crippen molar-refractivity contribution in [3.63, 3.8) is 0 Å². The van der Waals surface area contributed by atoms with E-state index in [0.29, 0.717) is 11.0 Å². The van der Waals surface area contributed by atoms with Gasteiger partial charge in [-0.1, -0.05) is 57.2 Å². The number of carboxylic acid groups (broad SMARTS) is 1. The largest absolute Gasteiger partial charge is 0.543 e. The molecule has 0 atom stereocenters. The Bertz CT molecular complexity index is 1100. The molecule has 186 valence electrons. The van der Waals surface area contributed by atoms with Gasteiger partial charge in [0.25, 0.3) is 0 Å². The molecule has 1 N–H and O–H groups in total. The Hall–Kier alpha value is -2.33. The van der Waals surface area contributed by atoms with Crippen molar-refractivity contribution in [1.82, 2.24) is 0 Å². The van der Waals surface area contributed by atoms with E-state index in [0.717, 1.165) is 34.6 Å². The van der Waals surface area contributed by atoms with Crippen LogP contribution in [0.3, 0.4) is 0 Å². The van der Waals surface area contributed by atoms with Gasteiger partial charge in [0, 0.05) is 0 Å². The fourth-order valence-corrected chi connectivity index (χ4v) is 7.99. The number of hydrogen-bond donors (Lipinski definition) is 1. The van der Waals surface area contributed by atoms with E-state index >= 15 is 0 Å². The van der Waals surface area contributed by atoms with Crippen LogP contribution in [0.5, 0.6) is 5.75 Å². The first kappa shape index (κ1) is 24.4. The molecule has 2 aromatic rings. The van der Waals surface area contributed by atoms with E-state index in [4.69, 9.17) is 9.53 Å². The van der Waals surface area contributed by atoms with Gasteiger partial charge in [0.15, 0.2) is 0 Å². The molecule has 0 heterocycles. The summed E-state index contributed by atoms with van der Waals surface area (Å²) in [5.74, 6) is 2.91. The minimum Gasteiger partial charge on any atom is -0.543 e. The van der Waals surface area contributed by atoms with E-state index in [9.17, 15) is 4.79 Å². The Kier molecular flexibility index (Phi) is 6.02. The number of carboxylic acids is 1. The lowest BCUT2D eigenvalue weighted by atomic mass is 9.48. The number of aromatic carboxylic acids is 1. The molecule has 4 fully saturated rings. The van der Waals surface area contributed by atoms with Crippen molar-refractivity contribution in [3.8, 4) is 5.75 Å². The van der Waals surface area contributed by atoms with Crippen LogP contribution in [-0.4, -0.2) is 19.4 Å². The minimum atomic E-state index is -2.00. The van der Waals surface area contributed by atoms with Gasteiger partial charge in [0.2, 0.25) is 8.32 Å². The van der Waals surface area contributed by atoms with E-state index in [2.05, 4.69) is 64.2 Å². The van der Waals surface area contributed by atoms with Crippen molar-refractivity contribution in [2.75, 3.05) is 0 Å². The Morgan fingerprint density at radius 2 is 1.43 bits per heavy atom. The third kappa shape index (κ3) is 4.74. The molecule has 0 aliphatic heterocycles. The average molecular weight is 489 g/mol. The first-order valence-corrected chi connectivity index (χ1v) is 16.2. The van der Waals surface area contributed by atoms with Crippen molar-refractivity contribution in [2.45, 2.75) is 82.8 Å². The van der Waals surface area contributed by atoms with Crippen LogP contribution in [0, 0.1) is 17.8 Å². The molecule has 4 aliphatic carbocycles. The lowest BCUT2D eigenvalue weighted by molar-refractivity contribution is -0.00586. The van der Waals surface area contributed by atoms with Crippen LogP contribution < -0.4 is 4.43 Å². The Morgan fingerprint density at radius 1 is 0.914 bits per heavy atom. The van der Waals surface area contributed by atoms with Gasteiger partial charge in [-0.3, -0.25) is 0 Å². The van der Waals surface area contributed by atoms with Gasteiger partial charge in [-0.2, -0.15) is 0 Å². The molecule has 4 bridgehead atoms. The molecule has 6 rings (SSSR count). The van der Waals surface area contributed by atoms with Crippen molar-refractivity contribution in [2.24, 2.45) is 17.8 Å². The Balaban J connectivity index is 1.50. The van der Waals surface area contributed by atoms with E-state index in [-0.39, 0.29) is 5.04 Å². The summed E-state index contributed by atoms with van der Waals surface area (Å²) in [6.45, 7) is 11.6. The van der Waals surface area contributed by atoms with Gasteiger partial charge in [-0.05, 0) is 115 Å². The second-order valence-corrected chi connectivity index (χ2v) is 17.8. The van der Waals surface area contributed by atoms with Gasteiger partial charge < -0.3 is 9.53 Å². The molecule has 0 saturated heterocycles. The number of carbonyl (C=O) groups is 1. The van der Waals surface area contributed by atoms with Crippen molar-refractivity contribution >= 4 is 26.4 Å². The summed E-state index contributed by atoms with van der Waals surface area (Å²) in [7, 11) is -2.00. The van der Waals surface area contributed by atoms with Crippen LogP contribution >= 0.6 is 0 Å². The van der Waals surface area contributed by atoms with E-state index in [1.165, 1.54) is 44.1 Å². The highest BCUT2D eigenvalue weighted by Gasteiger charge is 2.53. The van der Waals surface area contributed by atoms with Crippen LogP contribution in [0.15, 0.2) is 42.5 Å². The van der Waals surface area contributed by atoms with Crippen molar-refractivity contribution in [1.29, 1.82) is 0 Å². The molecule has 0 spiro atoms. The number of benzene rings is 2.